The molecule has 2 rings (SSSR count). The Labute approximate surface area is 93.9 Å². The number of halogens is 1. The van der Waals surface area contributed by atoms with Crippen LogP contribution in [0.25, 0.3) is 0 Å². The van der Waals surface area contributed by atoms with Gasteiger partial charge >= 0.3 is 0 Å². The van der Waals surface area contributed by atoms with Gasteiger partial charge in [-0.1, -0.05) is 0 Å². The molecule has 0 saturated carbocycles. The lowest BCUT2D eigenvalue weighted by atomic mass is 10.1. The van der Waals surface area contributed by atoms with E-state index in [4.69, 9.17) is 11.6 Å². The van der Waals surface area contributed by atoms with Crippen LogP contribution in [-0.2, 0) is 0 Å². The predicted molar refractivity (Wildman–Crippen MR) is 59.0 cm³/mol. The third kappa shape index (κ3) is 3.00. The average Bonchev–Trinajstić information content (AvgIpc) is 2.17. The number of likely N-dealkylation sites (tertiary alicyclic amines) is 1. The maximum Gasteiger partial charge on any atom is 0.244 e. The number of hydrogen-bond donors (Lipinski definition) is 1. The molecule has 1 aromatic rings. The monoisotopic (exact) mass is 227 g/mol. The molecular formula is C9H14ClN5. The summed E-state index contributed by atoms with van der Waals surface area (Å²) in [5.74, 6) is 0.704. The van der Waals surface area contributed by atoms with Gasteiger partial charge in [0.15, 0.2) is 0 Å². The summed E-state index contributed by atoms with van der Waals surface area (Å²) < 4.78 is 0. The molecule has 5 nitrogen and oxygen atoms in total. The molecule has 1 aliphatic rings. The molecule has 0 aromatic carbocycles. The van der Waals surface area contributed by atoms with Gasteiger partial charge in [-0.15, -0.1) is 5.10 Å². The van der Waals surface area contributed by atoms with Crippen LogP contribution >= 0.6 is 11.6 Å². The molecule has 6 heteroatoms. The Hall–Kier alpha value is -0.940. The van der Waals surface area contributed by atoms with Crippen LogP contribution < -0.4 is 5.32 Å². The van der Waals surface area contributed by atoms with E-state index in [1.807, 2.05) is 0 Å². The molecule has 0 amide bonds. The number of likely N-dealkylation sites (N-methyl/N-ethyl adjacent to an activating group) is 1. The fraction of sp³-hybridized carbons (Fsp3) is 0.667. The van der Waals surface area contributed by atoms with Gasteiger partial charge in [0.05, 0.1) is 6.20 Å². The van der Waals surface area contributed by atoms with E-state index >= 15 is 0 Å². The Morgan fingerprint density at radius 2 is 2.47 bits per heavy atom. The number of aromatic nitrogens is 3. The molecule has 1 fully saturated rings. The summed E-state index contributed by atoms with van der Waals surface area (Å²) in [6, 6.07) is 0.427. The first-order valence-corrected chi connectivity index (χ1v) is 5.42. The Balaban J connectivity index is 1.96. The highest BCUT2D eigenvalue weighted by molar-refractivity contribution is 6.28. The van der Waals surface area contributed by atoms with Gasteiger partial charge in [0, 0.05) is 12.6 Å². The minimum Gasteiger partial charge on any atom is -0.365 e. The molecule has 1 aromatic heterocycles. The van der Waals surface area contributed by atoms with Gasteiger partial charge in [-0.3, -0.25) is 0 Å². The Morgan fingerprint density at radius 3 is 3.20 bits per heavy atom. The molecule has 2 heterocycles. The first kappa shape index (κ1) is 10.6. The normalized spacial score (nSPS) is 22.7. The molecule has 0 radical (unpaired) electrons. The van der Waals surface area contributed by atoms with E-state index in [1.165, 1.54) is 13.0 Å². The second-order valence-corrected chi connectivity index (χ2v) is 4.19. The third-order valence-corrected chi connectivity index (χ3v) is 2.67. The molecule has 0 aliphatic carbocycles. The molecule has 1 aliphatic heterocycles. The number of rotatable bonds is 2. The molecule has 82 valence electrons. The zero-order valence-corrected chi connectivity index (χ0v) is 9.41. The van der Waals surface area contributed by atoms with Gasteiger partial charge in [-0.2, -0.15) is 10.1 Å². The highest BCUT2D eigenvalue weighted by Gasteiger charge is 2.17. The standard InChI is InChI=1S/C9H14ClN5/c1-15-4-2-3-7(6-15)12-8-5-11-14-9(10)13-8/h5,7H,2-4,6H2,1H3,(H,12,13,14). The topological polar surface area (TPSA) is 53.9 Å². The van der Waals surface area contributed by atoms with Crippen molar-refractivity contribution in [2.24, 2.45) is 0 Å². The largest absolute Gasteiger partial charge is 0.365 e. The van der Waals surface area contributed by atoms with Gasteiger partial charge in [0.25, 0.3) is 0 Å². The lowest BCUT2D eigenvalue weighted by Gasteiger charge is -2.30. The van der Waals surface area contributed by atoms with Crippen molar-refractivity contribution in [2.75, 3.05) is 25.5 Å². The summed E-state index contributed by atoms with van der Waals surface area (Å²) in [5, 5.41) is 10.8. The minimum atomic E-state index is 0.184. The van der Waals surface area contributed by atoms with Crippen molar-refractivity contribution in [1.29, 1.82) is 0 Å². The molecule has 15 heavy (non-hydrogen) atoms. The first-order chi connectivity index (χ1) is 7.24. The summed E-state index contributed by atoms with van der Waals surface area (Å²) in [4.78, 5) is 6.36. The maximum atomic E-state index is 5.66. The van der Waals surface area contributed by atoms with Crippen LogP contribution in [0.5, 0.6) is 0 Å². The maximum absolute atomic E-state index is 5.66. The Kier molecular flexibility index (Phi) is 3.33. The third-order valence-electron chi connectivity index (χ3n) is 2.51. The van der Waals surface area contributed by atoms with Gasteiger partial charge in [-0.05, 0) is 38.0 Å². The fourth-order valence-electron chi connectivity index (χ4n) is 1.84. The zero-order chi connectivity index (χ0) is 10.7. The van der Waals surface area contributed by atoms with Crippen LogP contribution in [-0.4, -0.2) is 46.3 Å². The van der Waals surface area contributed by atoms with Crippen LogP contribution in [0.15, 0.2) is 6.20 Å². The summed E-state index contributed by atoms with van der Waals surface area (Å²) in [7, 11) is 2.12. The minimum absolute atomic E-state index is 0.184. The van der Waals surface area contributed by atoms with Crippen molar-refractivity contribution < 1.29 is 0 Å². The van der Waals surface area contributed by atoms with Crippen LogP contribution in [0.1, 0.15) is 12.8 Å². The second-order valence-electron chi connectivity index (χ2n) is 3.86. The van der Waals surface area contributed by atoms with Gasteiger partial charge in [0.1, 0.15) is 5.82 Å². The smallest absolute Gasteiger partial charge is 0.244 e. The van der Waals surface area contributed by atoms with Gasteiger partial charge in [0.2, 0.25) is 5.28 Å². The highest BCUT2D eigenvalue weighted by Crippen LogP contribution is 2.13. The molecular weight excluding hydrogens is 214 g/mol. The lowest BCUT2D eigenvalue weighted by Crippen LogP contribution is -2.39. The average molecular weight is 228 g/mol. The quantitative estimate of drug-likeness (QED) is 0.818. The highest BCUT2D eigenvalue weighted by atomic mass is 35.5. The predicted octanol–water partition coefficient (Wildman–Crippen LogP) is 1.03. The van der Waals surface area contributed by atoms with E-state index in [0.29, 0.717) is 11.9 Å². The number of nitrogens with zero attached hydrogens (tertiary/aromatic N) is 4. The number of hydrogen-bond acceptors (Lipinski definition) is 5. The second kappa shape index (κ2) is 4.72. The van der Waals surface area contributed by atoms with Crippen molar-refractivity contribution in [3.8, 4) is 0 Å². The Morgan fingerprint density at radius 1 is 1.60 bits per heavy atom. The first-order valence-electron chi connectivity index (χ1n) is 5.04. The summed E-state index contributed by atoms with van der Waals surface area (Å²) in [6.07, 6.45) is 3.97. The van der Waals surface area contributed by atoms with Gasteiger partial charge in [-0.25, -0.2) is 0 Å². The van der Waals surface area contributed by atoms with Crippen LogP contribution in [0.4, 0.5) is 5.82 Å². The molecule has 1 saturated heterocycles. The van der Waals surface area contributed by atoms with E-state index in [1.54, 1.807) is 6.20 Å². The zero-order valence-electron chi connectivity index (χ0n) is 8.65. The molecule has 1 atom stereocenters. The lowest BCUT2D eigenvalue weighted by molar-refractivity contribution is 0.260. The number of anilines is 1. The van der Waals surface area contributed by atoms with Crippen LogP contribution in [0.3, 0.4) is 0 Å². The molecule has 0 spiro atoms. The van der Waals surface area contributed by atoms with E-state index in [-0.39, 0.29) is 5.28 Å². The van der Waals surface area contributed by atoms with E-state index in [2.05, 4.69) is 32.4 Å². The van der Waals surface area contributed by atoms with E-state index in [0.717, 1.165) is 13.0 Å². The Bertz CT molecular complexity index is 332. The van der Waals surface area contributed by atoms with Crippen molar-refractivity contribution >= 4 is 17.4 Å². The molecule has 0 bridgehead atoms. The summed E-state index contributed by atoms with van der Waals surface area (Å²) >= 11 is 5.66. The number of nitrogens with one attached hydrogen (secondary N) is 1. The molecule has 1 unspecified atom stereocenters. The van der Waals surface area contributed by atoms with Gasteiger partial charge < -0.3 is 10.2 Å². The number of piperidine rings is 1. The SMILES string of the molecule is CN1CCCC(Nc2cnnc(Cl)n2)C1. The van der Waals surface area contributed by atoms with Crippen molar-refractivity contribution in [1.82, 2.24) is 20.1 Å². The summed E-state index contributed by atoms with van der Waals surface area (Å²) in [6.45, 7) is 2.20. The van der Waals surface area contributed by atoms with Crippen LogP contribution in [0.2, 0.25) is 5.28 Å². The van der Waals surface area contributed by atoms with Crippen molar-refractivity contribution in [3.05, 3.63) is 11.5 Å². The van der Waals surface area contributed by atoms with Crippen molar-refractivity contribution in [3.63, 3.8) is 0 Å². The fourth-order valence-corrected chi connectivity index (χ4v) is 1.98. The summed E-state index contributed by atoms with van der Waals surface area (Å²) in [5.41, 5.74) is 0. The van der Waals surface area contributed by atoms with E-state index < -0.39 is 0 Å². The van der Waals surface area contributed by atoms with E-state index in [9.17, 15) is 0 Å². The van der Waals surface area contributed by atoms with Crippen molar-refractivity contribution in [2.45, 2.75) is 18.9 Å². The van der Waals surface area contributed by atoms with Crippen LogP contribution in [0, 0.1) is 0 Å². The molecule has 1 N–H and O–H groups in total.